The lowest BCUT2D eigenvalue weighted by Crippen LogP contribution is -2.24. The molecule has 3 aromatic rings. The molecule has 0 saturated carbocycles. The number of anilines is 1. The Morgan fingerprint density at radius 3 is 2.50 bits per heavy atom. The molecular formula is C21H18FN3O3. The number of nitrogens with one attached hydrogen (secondary N) is 2. The van der Waals surface area contributed by atoms with Gasteiger partial charge >= 0.3 is 0 Å². The molecule has 0 unspecified atom stereocenters. The predicted octanol–water partition coefficient (Wildman–Crippen LogP) is 3.41. The van der Waals surface area contributed by atoms with Crippen LogP contribution in [0.15, 0.2) is 66.9 Å². The van der Waals surface area contributed by atoms with Crippen LogP contribution in [0.2, 0.25) is 0 Å². The zero-order chi connectivity index (χ0) is 19.9. The number of carbonyl (C=O) groups excluding carboxylic acids is 2. The second-order valence-electron chi connectivity index (χ2n) is 5.89. The molecule has 0 radical (unpaired) electrons. The Morgan fingerprint density at radius 2 is 1.79 bits per heavy atom. The van der Waals surface area contributed by atoms with Gasteiger partial charge in [-0.1, -0.05) is 18.2 Å². The highest BCUT2D eigenvalue weighted by molar-refractivity contribution is 6.04. The second kappa shape index (κ2) is 8.77. The molecule has 2 amide bonds. The van der Waals surface area contributed by atoms with Gasteiger partial charge in [-0.05, 0) is 42.5 Å². The third kappa shape index (κ3) is 4.70. The first kappa shape index (κ1) is 19.0. The summed E-state index contributed by atoms with van der Waals surface area (Å²) in [5.74, 6) is -0.597. The van der Waals surface area contributed by atoms with Gasteiger partial charge < -0.3 is 15.4 Å². The van der Waals surface area contributed by atoms with Gasteiger partial charge in [-0.25, -0.2) is 4.39 Å². The number of pyridine rings is 1. The molecule has 3 rings (SSSR count). The average Bonchev–Trinajstić information content (AvgIpc) is 2.73. The van der Waals surface area contributed by atoms with Crippen molar-refractivity contribution in [2.24, 2.45) is 0 Å². The number of amides is 2. The smallest absolute Gasteiger partial charge is 0.274 e. The van der Waals surface area contributed by atoms with Crippen molar-refractivity contribution in [2.45, 2.75) is 6.54 Å². The fourth-order valence-electron chi connectivity index (χ4n) is 2.48. The second-order valence-corrected chi connectivity index (χ2v) is 5.89. The SMILES string of the molecule is COc1ccc(NC(=O)c2cc(C(=O)NCc3ccccc3F)ccn2)cc1. The van der Waals surface area contributed by atoms with Gasteiger partial charge in [0.2, 0.25) is 0 Å². The summed E-state index contributed by atoms with van der Waals surface area (Å²) in [5, 5.41) is 5.33. The number of aromatic nitrogens is 1. The standard InChI is InChI=1S/C21H18FN3O3/c1-28-17-8-6-16(7-9-17)25-21(27)19-12-14(10-11-23-19)20(26)24-13-15-4-2-3-5-18(15)22/h2-12H,13H2,1H3,(H,24,26)(H,25,27). The maximum absolute atomic E-state index is 13.6. The molecule has 2 N–H and O–H groups in total. The van der Waals surface area contributed by atoms with E-state index in [9.17, 15) is 14.0 Å². The molecule has 0 aliphatic rings. The maximum Gasteiger partial charge on any atom is 0.274 e. The van der Waals surface area contributed by atoms with Crippen LogP contribution in [0.3, 0.4) is 0 Å². The molecule has 28 heavy (non-hydrogen) atoms. The number of nitrogens with zero attached hydrogens (tertiary/aromatic N) is 1. The molecule has 1 aromatic heterocycles. The Labute approximate surface area is 161 Å². The van der Waals surface area contributed by atoms with Crippen LogP contribution < -0.4 is 15.4 Å². The summed E-state index contributed by atoms with van der Waals surface area (Å²) in [4.78, 5) is 28.7. The fraction of sp³-hybridized carbons (Fsp3) is 0.0952. The van der Waals surface area contributed by atoms with E-state index in [1.54, 1.807) is 49.6 Å². The van der Waals surface area contributed by atoms with E-state index in [2.05, 4.69) is 15.6 Å². The van der Waals surface area contributed by atoms with Crippen molar-refractivity contribution in [3.05, 3.63) is 89.5 Å². The molecule has 0 fully saturated rings. The quantitative estimate of drug-likeness (QED) is 0.688. The zero-order valence-corrected chi connectivity index (χ0v) is 15.1. The fourth-order valence-corrected chi connectivity index (χ4v) is 2.48. The third-order valence-corrected chi connectivity index (χ3v) is 4.00. The lowest BCUT2D eigenvalue weighted by Gasteiger charge is -2.08. The van der Waals surface area contributed by atoms with Crippen molar-refractivity contribution in [2.75, 3.05) is 12.4 Å². The molecule has 0 spiro atoms. The van der Waals surface area contributed by atoms with E-state index < -0.39 is 17.6 Å². The highest BCUT2D eigenvalue weighted by Gasteiger charge is 2.13. The van der Waals surface area contributed by atoms with E-state index in [0.29, 0.717) is 17.0 Å². The van der Waals surface area contributed by atoms with Gasteiger partial charge in [-0.3, -0.25) is 14.6 Å². The highest BCUT2D eigenvalue weighted by atomic mass is 19.1. The number of benzene rings is 2. The van der Waals surface area contributed by atoms with Crippen LogP contribution in [0.25, 0.3) is 0 Å². The number of rotatable bonds is 6. The predicted molar refractivity (Wildman–Crippen MR) is 103 cm³/mol. The molecule has 1 heterocycles. The largest absolute Gasteiger partial charge is 0.497 e. The Hall–Kier alpha value is -3.74. The van der Waals surface area contributed by atoms with Gasteiger partial charge in [0.05, 0.1) is 7.11 Å². The summed E-state index contributed by atoms with van der Waals surface area (Å²) in [6, 6.07) is 15.9. The summed E-state index contributed by atoms with van der Waals surface area (Å²) in [5.41, 5.74) is 1.30. The molecule has 2 aromatic carbocycles. The van der Waals surface area contributed by atoms with E-state index in [1.807, 2.05) is 0 Å². The normalized spacial score (nSPS) is 10.2. The molecule has 7 heteroatoms. The highest BCUT2D eigenvalue weighted by Crippen LogP contribution is 2.16. The Balaban J connectivity index is 1.66. The van der Waals surface area contributed by atoms with Crippen LogP contribution in [0, 0.1) is 5.82 Å². The van der Waals surface area contributed by atoms with E-state index in [-0.39, 0.29) is 17.8 Å². The van der Waals surface area contributed by atoms with Crippen molar-refractivity contribution >= 4 is 17.5 Å². The first-order valence-corrected chi connectivity index (χ1v) is 8.50. The van der Waals surface area contributed by atoms with Gasteiger partial charge in [-0.15, -0.1) is 0 Å². The molecule has 0 atom stereocenters. The van der Waals surface area contributed by atoms with Crippen LogP contribution in [0.4, 0.5) is 10.1 Å². The number of hydrogen-bond donors (Lipinski definition) is 2. The van der Waals surface area contributed by atoms with E-state index in [4.69, 9.17) is 4.74 Å². The first-order chi connectivity index (χ1) is 13.6. The minimum absolute atomic E-state index is 0.0429. The van der Waals surface area contributed by atoms with E-state index >= 15 is 0 Å². The maximum atomic E-state index is 13.6. The number of carbonyl (C=O) groups is 2. The van der Waals surface area contributed by atoms with Crippen molar-refractivity contribution in [3.63, 3.8) is 0 Å². The van der Waals surface area contributed by atoms with Crippen LogP contribution in [0.1, 0.15) is 26.4 Å². The summed E-state index contributed by atoms with van der Waals surface area (Å²) < 4.78 is 18.7. The number of hydrogen-bond acceptors (Lipinski definition) is 4. The van der Waals surface area contributed by atoms with Crippen molar-refractivity contribution in [1.29, 1.82) is 0 Å². The zero-order valence-electron chi connectivity index (χ0n) is 15.1. The Bertz CT molecular complexity index is 990. The topological polar surface area (TPSA) is 80.3 Å². The number of ether oxygens (including phenoxy) is 1. The molecule has 142 valence electrons. The lowest BCUT2D eigenvalue weighted by molar-refractivity contribution is 0.0950. The lowest BCUT2D eigenvalue weighted by atomic mass is 10.2. The average molecular weight is 379 g/mol. The number of methoxy groups -OCH3 is 1. The Morgan fingerprint density at radius 1 is 1.04 bits per heavy atom. The molecule has 0 saturated heterocycles. The van der Waals surface area contributed by atoms with Gasteiger partial charge in [0.25, 0.3) is 11.8 Å². The molecule has 6 nitrogen and oxygen atoms in total. The molecule has 0 aliphatic heterocycles. The van der Waals surface area contributed by atoms with Crippen molar-refractivity contribution in [1.82, 2.24) is 10.3 Å². The van der Waals surface area contributed by atoms with E-state index in [0.717, 1.165) is 0 Å². The van der Waals surface area contributed by atoms with Gasteiger partial charge in [0.15, 0.2) is 0 Å². The number of halogens is 1. The summed E-state index contributed by atoms with van der Waals surface area (Å²) in [6.45, 7) is 0.0429. The summed E-state index contributed by atoms with van der Waals surface area (Å²) in [7, 11) is 1.56. The van der Waals surface area contributed by atoms with Gasteiger partial charge in [0, 0.05) is 29.6 Å². The Kier molecular flexibility index (Phi) is 5.96. The van der Waals surface area contributed by atoms with Gasteiger partial charge in [0.1, 0.15) is 17.3 Å². The monoisotopic (exact) mass is 379 g/mol. The van der Waals surface area contributed by atoms with Crippen LogP contribution in [0.5, 0.6) is 5.75 Å². The molecule has 0 aliphatic carbocycles. The third-order valence-electron chi connectivity index (χ3n) is 4.00. The van der Waals surface area contributed by atoms with Crippen LogP contribution in [-0.4, -0.2) is 23.9 Å². The van der Waals surface area contributed by atoms with Crippen molar-refractivity contribution < 1.29 is 18.7 Å². The minimum atomic E-state index is -0.450. The van der Waals surface area contributed by atoms with E-state index in [1.165, 1.54) is 24.4 Å². The van der Waals surface area contributed by atoms with Crippen LogP contribution >= 0.6 is 0 Å². The van der Waals surface area contributed by atoms with Gasteiger partial charge in [-0.2, -0.15) is 0 Å². The summed E-state index contributed by atoms with van der Waals surface area (Å²) in [6.07, 6.45) is 1.38. The van der Waals surface area contributed by atoms with Crippen molar-refractivity contribution in [3.8, 4) is 5.75 Å². The first-order valence-electron chi connectivity index (χ1n) is 8.50. The summed E-state index contributed by atoms with van der Waals surface area (Å²) >= 11 is 0. The van der Waals surface area contributed by atoms with Crippen LogP contribution in [-0.2, 0) is 6.54 Å². The minimum Gasteiger partial charge on any atom is -0.497 e. The molecular weight excluding hydrogens is 361 g/mol. The molecule has 0 bridgehead atoms.